The Balaban J connectivity index is 1.47. The van der Waals surface area contributed by atoms with E-state index in [1.807, 2.05) is 24.5 Å². The van der Waals surface area contributed by atoms with Gasteiger partial charge in [-0.25, -0.2) is 4.98 Å². The van der Waals surface area contributed by atoms with Crippen LogP contribution in [0.4, 0.5) is 0 Å². The molecule has 3 heterocycles. The number of imidazole rings is 1. The van der Waals surface area contributed by atoms with Gasteiger partial charge in [0.25, 0.3) is 0 Å². The lowest BCUT2D eigenvalue weighted by Gasteiger charge is -2.45. The van der Waals surface area contributed by atoms with Gasteiger partial charge in [0.15, 0.2) is 5.60 Å². The predicted octanol–water partition coefficient (Wildman–Crippen LogP) is 4.22. The number of rotatable bonds is 4. The van der Waals surface area contributed by atoms with Crippen LogP contribution in [0.2, 0.25) is 0 Å². The summed E-state index contributed by atoms with van der Waals surface area (Å²) in [5.74, 6) is 2.42. The average molecular weight is 380 g/mol. The maximum atomic E-state index is 12.6. The predicted molar refractivity (Wildman–Crippen MR) is 108 cm³/mol. The van der Waals surface area contributed by atoms with E-state index in [0.717, 1.165) is 55.9 Å². The van der Waals surface area contributed by atoms with Gasteiger partial charge in [0.05, 0.1) is 17.7 Å². The van der Waals surface area contributed by atoms with Gasteiger partial charge in [-0.05, 0) is 36.8 Å². The van der Waals surface area contributed by atoms with Crippen LogP contribution in [0.3, 0.4) is 0 Å². The topological polar surface area (TPSA) is 47.4 Å². The van der Waals surface area contributed by atoms with E-state index in [1.165, 1.54) is 18.5 Å². The maximum Gasteiger partial charge on any atom is 0.222 e. The highest BCUT2D eigenvalue weighted by Crippen LogP contribution is 2.49. The van der Waals surface area contributed by atoms with Crippen LogP contribution in [0, 0.1) is 11.8 Å². The molecule has 0 unspecified atom stereocenters. The summed E-state index contributed by atoms with van der Waals surface area (Å²) in [5, 5.41) is 0. The van der Waals surface area contributed by atoms with E-state index in [4.69, 9.17) is 9.72 Å². The van der Waals surface area contributed by atoms with E-state index in [9.17, 15) is 4.79 Å². The molecule has 2 aliphatic heterocycles. The molecule has 1 amide bonds. The molecule has 0 radical (unpaired) electrons. The van der Waals surface area contributed by atoms with Crippen LogP contribution in [0.1, 0.15) is 51.6 Å². The lowest BCUT2D eigenvalue weighted by atomic mass is 9.83. The van der Waals surface area contributed by atoms with Crippen molar-refractivity contribution in [2.24, 2.45) is 11.8 Å². The van der Waals surface area contributed by atoms with Gasteiger partial charge in [-0.2, -0.15) is 0 Å². The van der Waals surface area contributed by atoms with E-state index in [0.29, 0.717) is 17.7 Å². The summed E-state index contributed by atoms with van der Waals surface area (Å²) >= 11 is 0. The van der Waals surface area contributed by atoms with Crippen molar-refractivity contribution in [2.45, 2.75) is 58.1 Å². The third-order valence-corrected chi connectivity index (χ3v) is 6.36. The summed E-state index contributed by atoms with van der Waals surface area (Å²) in [7, 11) is 0. The van der Waals surface area contributed by atoms with Crippen molar-refractivity contribution >= 4 is 5.91 Å². The van der Waals surface area contributed by atoms with Crippen molar-refractivity contribution in [2.75, 3.05) is 13.1 Å². The van der Waals surface area contributed by atoms with Gasteiger partial charge >= 0.3 is 0 Å². The Kier molecular flexibility index (Phi) is 4.22. The molecule has 0 bridgehead atoms. The second kappa shape index (κ2) is 6.64. The second-order valence-electron chi connectivity index (χ2n) is 9.11. The number of hydrogen-bond donors (Lipinski definition) is 0. The van der Waals surface area contributed by atoms with Gasteiger partial charge in [0, 0.05) is 44.5 Å². The molecule has 1 aliphatic carbocycles. The van der Waals surface area contributed by atoms with Crippen molar-refractivity contribution in [1.82, 2.24) is 14.5 Å². The Labute approximate surface area is 166 Å². The minimum Gasteiger partial charge on any atom is -0.480 e. The van der Waals surface area contributed by atoms with E-state index in [1.54, 1.807) is 0 Å². The van der Waals surface area contributed by atoms with E-state index in [2.05, 4.69) is 29.4 Å². The average Bonchev–Trinajstić information content (AvgIpc) is 3.39. The first-order valence-corrected chi connectivity index (χ1v) is 10.7. The standard InChI is InChI=1S/C23H29N3O2/c1-16(2)14-26-15-24-21-18-5-3-4-6-19(18)28-23(22(21)26)9-11-25(12-10-23)20(27)13-17-7-8-17/h3-6,15-17H,7-14H2,1-2H3. The number of amides is 1. The Morgan fingerprint density at radius 3 is 2.71 bits per heavy atom. The number of hydrogen-bond acceptors (Lipinski definition) is 3. The molecular formula is C23H29N3O2. The molecule has 5 nitrogen and oxygen atoms in total. The molecule has 1 aromatic heterocycles. The number of fused-ring (bicyclic) bond motifs is 4. The summed E-state index contributed by atoms with van der Waals surface area (Å²) in [4.78, 5) is 19.5. The molecule has 1 saturated heterocycles. The minimum absolute atomic E-state index is 0.324. The third kappa shape index (κ3) is 3.01. The zero-order valence-corrected chi connectivity index (χ0v) is 16.9. The molecule has 2 aromatic rings. The lowest BCUT2D eigenvalue weighted by Crippen LogP contribution is -2.50. The largest absolute Gasteiger partial charge is 0.480 e. The summed E-state index contributed by atoms with van der Waals surface area (Å²) in [6, 6.07) is 8.22. The Hall–Kier alpha value is -2.30. The molecule has 1 saturated carbocycles. The molecule has 148 valence electrons. The molecule has 5 rings (SSSR count). The highest BCUT2D eigenvalue weighted by Gasteiger charge is 2.47. The van der Waals surface area contributed by atoms with Crippen LogP contribution in [0.25, 0.3) is 11.3 Å². The van der Waals surface area contributed by atoms with Gasteiger partial charge in [0.1, 0.15) is 5.75 Å². The molecule has 28 heavy (non-hydrogen) atoms. The van der Waals surface area contributed by atoms with Crippen molar-refractivity contribution in [3.8, 4) is 17.0 Å². The summed E-state index contributed by atoms with van der Waals surface area (Å²) in [6.45, 7) is 6.92. The van der Waals surface area contributed by atoms with Crippen LogP contribution < -0.4 is 4.74 Å². The van der Waals surface area contributed by atoms with Crippen LogP contribution in [0.5, 0.6) is 5.75 Å². The molecule has 5 heteroatoms. The highest BCUT2D eigenvalue weighted by molar-refractivity contribution is 5.77. The fraction of sp³-hybridized carbons (Fsp3) is 0.565. The normalized spacial score (nSPS) is 20.0. The molecule has 0 atom stereocenters. The fourth-order valence-corrected chi connectivity index (χ4v) is 4.75. The maximum absolute atomic E-state index is 12.6. The molecule has 2 fully saturated rings. The van der Waals surface area contributed by atoms with E-state index in [-0.39, 0.29) is 5.60 Å². The number of carbonyl (C=O) groups excluding carboxylic acids is 1. The van der Waals surface area contributed by atoms with Crippen molar-refractivity contribution < 1.29 is 9.53 Å². The van der Waals surface area contributed by atoms with Crippen molar-refractivity contribution in [3.05, 3.63) is 36.3 Å². The number of para-hydroxylation sites is 1. The van der Waals surface area contributed by atoms with Gasteiger partial charge in [-0.15, -0.1) is 0 Å². The number of benzene rings is 1. The molecule has 1 aromatic carbocycles. The number of carbonyl (C=O) groups is 1. The molecule has 1 spiro atoms. The van der Waals surface area contributed by atoms with Crippen molar-refractivity contribution in [1.29, 1.82) is 0 Å². The van der Waals surface area contributed by atoms with Gasteiger partial charge < -0.3 is 14.2 Å². The first kappa shape index (κ1) is 17.8. The van der Waals surface area contributed by atoms with E-state index >= 15 is 0 Å². The second-order valence-corrected chi connectivity index (χ2v) is 9.11. The number of likely N-dealkylation sites (tertiary alicyclic amines) is 1. The number of ether oxygens (including phenoxy) is 1. The Morgan fingerprint density at radius 1 is 1.25 bits per heavy atom. The summed E-state index contributed by atoms with van der Waals surface area (Å²) < 4.78 is 8.98. The molecule has 0 N–H and O–H groups in total. The smallest absolute Gasteiger partial charge is 0.222 e. The first-order chi connectivity index (χ1) is 13.6. The van der Waals surface area contributed by atoms with E-state index < -0.39 is 0 Å². The van der Waals surface area contributed by atoms with Crippen LogP contribution >= 0.6 is 0 Å². The minimum atomic E-state index is -0.383. The number of nitrogens with zero attached hydrogens (tertiary/aromatic N) is 3. The number of aromatic nitrogens is 2. The Morgan fingerprint density at radius 2 is 2.00 bits per heavy atom. The summed E-state index contributed by atoms with van der Waals surface area (Å²) in [6.07, 6.45) is 6.81. The van der Waals surface area contributed by atoms with Crippen molar-refractivity contribution in [3.63, 3.8) is 0 Å². The SMILES string of the molecule is CC(C)Cn1cnc2c1C1(CCN(C(=O)CC3CC3)CC1)Oc1ccccc1-2. The molecular weight excluding hydrogens is 350 g/mol. The monoisotopic (exact) mass is 379 g/mol. The lowest BCUT2D eigenvalue weighted by molar-refractivity contribution is -0.135. The van der Waals surface area contributed by atoms with Gasteiger partial charge in [-0.1, -0.05) is 26.0 Å². The van der Waals surface area contributed by atoms with Crippen LogP contribution in [-0.4, -0.2) is 33.4 Å². The summed E-state index contributed by atoms with van der Waals surface area (Å²) in [5.41, 5.74) is 2.96. The van der Waals surface area contributed by atoms with Crippen LogP contribution in [-0.2, 0) is 16.9 Å². The van der Waals surface area contributed by atoms with Crippen LogP contribution in [0.15, 0.2) is 30.6 Å². The van der Waals surface area contributed by atoms with Gasteiger partial charge in [-0.3, -0.25) is 4.79 Å². The third-order valence-electron chi connectivity index (χ3n) is 6.36. The first-order valence-electron chi connectivity index (χ1n) is 10.7. The van der Waals surface area contributed by atoms with Gasteiger partial charge in [0.2, 0.25) is 5.91 Å². The fourth-order valence-electron chi connectivity index (χ4n) is 4.75. The zero-order valence-electron chi connectivity index (χ0n) is 16.9. The quantitative estimate of drug-likeness (QED) is 0.799. The Bertz CT molecular complexity index is 889. The number of piperidine rings is 1. The molecule has 3 aliphatic rings. The highest BCUT2D eigenvalue weighted by atomic mass is 16.5. The zero-order chi connectivity index (χ0) is 19.3.